The van der Waals surface area contributed by atoms with Crippen LogP contribution < -0.4 is 0 Å². The van der Waals surface area contributed by atoms with Gasteiger partial charge in [-0.15, -0.1) is 0 Å². The Morgan fingerprint density at radius 3 is 2.36 bits per heavy atom. The lowest BCUT2D eigenvalue weighted by molar-refractivity contribution is -0.179. The van der Waals surface area contributed by atoms with E-state index in [0.717, 1.165) is 5.06 Å². The number of carbonyl (C=O) groups excluding carboxylic acids is 1. The minimum Gasteiger partial charge on any atom is -0.275 e. The number of carbonyl (C=O) groups is 1. The summed E-state index contributed by atoms with van der Waals surface area (Å²) in [4.78, 5) is 15.8. The fourth-order valence-electron chi connectivity index (χ4n) is 0.566. The standard InChI is InChI=1S/C7H14FNO2/c1-7(2,5-8)6(10)9(3)11-4/h5H2,1-4H3. The Morgan fingerprint density at radius 2 is 2.09 bits per heavy atom. The van der Waals surface area contributed by atoms with Crippen LogP contribution in [0, 0.1) is 5.41 Å². The average Bonchev–Trinajstić information content (AvgIpc) is 2.01. The molecule has 11 heavy (non-hydrogen) atoms. The first kappa shape index (κ1) is 10.4. The van der Waals surface area contributed by atoms with Crippen LogP contribution in [0.4, 0.5) is 4.39 Å². The molecule has 0 aromatic rings. The van der Waals surface area contributed by atoms with E-state index >= 15 is 0 Å². The molecular formula is C7H14FNO2. The van der Waals surface area contributed by atoms with Crippen molar-refractivity contribution in [2.75, 3.05) is 20.8 Å². The second-order valence-electron chi connectivity index (χ2n) is 3.00. The van der Waals surface area contributed by atoms with E-state index < -0.39 is 12.1 Å². The number of hydrogen-bond acceptors (Lipinski definition) is 2. The van der Waals surface area contributed by atoms with Crippen molar-refractivity contribution < 1.29 is 14.0 Å². The lowest BCUT2D eigenvalue weighted by Gasteiger charge is -2.24. The van der Waals surface area contributed by atoms with Crippen LogP contribution in [0.5, 0.6) is 0 Å². The number of nitrogens with zero attached hydrogens (tertiary/aromatic N) is 1. The Balaban J connectivity index is 4.23. The number of hydrogen-bond donors (Lipinski definition) is 0. The Bertz CT molecular complexity index is 147. The summed E-state index contributed by atoms with van der Waals surface area (Å²) >= 11 is 0. The maximum atomic E-state index is 12.2. The van der Waals surface area contributed by atoms with Gasteiger partial charge in [0.05, 0.1) is 12.5 Å². The van der Waals surface area contributed by atoms with Crippen molar-refractivity contribution >= 4 is 5.91 Å². The molecule has 0 aromatic carbocycles. The van der Waals surface area contributed by atoms with E-state index in [0.29, 0.717) is 0 Å². The molecule has 0 aliphatic heterocycles. The van der Waals surface area contributed by atoms with Crippen LogP contribution in [-0.4, -0.2) is 31.8 Å². The maximum absolute atomic E-state index is 12.2. The smallest absolute Gasteiger partial charge is 0.254 e. The molecule has 0 aliphatic rings. The van der Waals surface area contributed by atoms with Gasteiger partial charge in [-0.3, -0.25) is 9.63 Å². The van der Waals surface area contributed by atoms with Crippen molar-refractivity contribution in [2.45, 2.75) is 13.8 Å². The first-order chi connectivity index (χ1) is 4.95. The van der Waals surface area contributed by atoms with Gasteiger partial charge in [-0.2, -0.15) is 0 Å². The van der Waals surface area contributed by atoms with E-state index in [1.165, 1.54) is 28.0 Å². The Labute approximate surface area is 66.1 Å². The van der Waals surface area contributed by atoms with E-state index in [1.54, 1.807) is 0 Å². The highest BCUT2D eigenvalue weighted by Crippen LogP contribution is 2.18. The molecule has 66 valence electrons. The number of hydroxylamine groups is 2. The molecular weight excluding hydrogens is 149 g/mol. The lowest BCUT2D eigenvalue weighted by Crippen LogP contribution is -2.39. The summed E-state index contributed by atoms with van der Waals surface area (Å²) < 4.78 is 12.2. The molecule has 0 saturated carbocycles. The molecule has 0 aromatic heterocycles. The van der Waals surface area contributed by atoms with E-state index in [4.69, 9.17) is 0 Å². The van der Waals surface area contributed by atoms with Crippen molar-refractivity contribution in [1.82, 2.24) is 5.06 Å². The largest absolute Gasteiger partial charge is 0.275 e. The monoisotopic (exact) mass is 163 g/mol. The maximum Gasteiger partial charge on any atom is 0.254 e. The molecule has 0 aliphatic carbocycles. The minimum absolute atomic E-state index is 0.359. The average molecular weight is 163 g/mol. The normalized spacial score (nSPS) is 11.4. The van der Waals surface area contributed by atoms with Crippen molar-refractivity contribution in [3.63, 3.8) is 0 Å². The van der Waals surface area contributed by atoms with Crippen molar-refractivity contribution in [1.29, 1.82) is 0 Å². The molecule has 0 bridgehead atoms. The topological polar surface area (TPSA) is 29.5 Å². The third-order valence-corrected chi connectivity index (χ3v) is 1.47. The molecule has 0 rings (SSSR count). The Hall–Kier alpha value is -0.640. The van der Waals surface area contributed by atoms with Gasteiger partial charge in [0.2, 0.25) is 0 Å². The molecule has 0 fully saturated rings. The van der Waals surface area contributed by atoms with Gasteiger partial charge in [0.15, 0.2) is 0 Å². The first-order valence-electron chi connectivity index (χ1n) is 3.34. The summed E-state index contributed by atoms with van der Waals surface area (Å²) in [5, 5.41) is 1.03. The molecule has 0 spiro atoms. The van der Waals surface area contributed by atoms with E-state index in [9.17, 15) is 9.18 Å². The number of halogens is 1. The third kappa shape index (κ3) is 2.46. The van der Waals surface area contributed by atoms with Gasteiger partial charge in [0, 0.05) is 7.05 Å². The summed E-state index contributed by atoms with van der Waals surface area (Å²) in [5.41, 5.74) is -0.981. The molecule has 0 heterocycles. The van der Waals surface area contributed by atoms with Crippen LogP contribution in [0.15, 0.2) is 0 Å². The number of amides is 1. The van der Waals surface area contributed by atoms with Gasteiger partial charge in [0.1, 0.15) is 6.67 Å². The van der Waals surface area contributed by atoms with Gasteiger partial charge >= 0.3 is 0 Å². The third-order valence-electron chi connectivity index (χ3n) is 1.47. The van der Waals surface area contributed by atoms with Crippen LogP contribution in [-0.2, 0) is 9.63 Å². The molecule has 0 unspecified atom stereocenters. The highest BCUT2D eigenvalue weighted by Gasteiger charge is 2.30. The predicted molar refractivity (Wildman–Crippen MR) is 39.5 cm³/mol. The van der Waals surface area contributed by atoms with Crippen molar-refractivity contribution in [3.8, 4) is 0 Å². The van der Waals surface area contributed by atoms with Crippen molar-refractivity contribution in [3.05, 3.63) is 0 Å². The zero-order valence-electron chi connectivity index (χ0n) is 7.35. The SMILES string of the molecule is CON(C)C(=O)C(C)(C)CF. The summed E-state index contributed by atoms with van der Waals surface area (Å²) in [6.07, 6.45) is 0. The molecule has 0 N–H and O–H groups in total. The highest BCUT2D eigenvalue weighted by molar-refractivity contribution is 5.80. The lowest BCUT2D eigenvalue weighted by atomic mass is 9.94. The molecule has 4 heteroatoms. The molecule has 3 nitrogen and oxygen atoms in total. The van der Waals surface area contributed by atoms with Gasteiger partial charge in [-0.25, -0.2) is 9.45 Å². The van der Waals surface area contributed by atoms with Crippen molar-refractivity contribution in [2.24, 2.45) is 5.41 Å². The van der Waals surface area contributed by atoms with Gasteiger partial charge in [-0.1, -0.05) is 0 Å². The predicted octanol–water partition coefficient (Wildman–Crippen LogP) is 1.00. The van der Waals surface area contributed by atoms with E-state index in [2.05, 4.69) is 4.84 Å². The van der Waals surface area contributed by atoms with Gasteiger partial charge in [-0.05, 0) is 13.8 Å². The zero-order chi connectivity index (χ0) is 9.07. The summed E-state index contributed by atoms with van der Waals surface area (Å²) in [6, 6.07) is 0. The molecule has 1 amide bonds. The second kappa shape index (κ2) is 3.67. The first-order valence-corrected chi connectivity index (χ1v) is 3.34. The number of alkyl halides is 1. The van der Waals surface area contributed by atoms with Gasteiger partial charge < -0.3 is 0 Å². The summed E-state index contributed by atoms with van der Waals surface area (Å²) in [6.45, 7) is 2.38. The molecule has 0 saturated heterocycles. The highest BCUT2D eigenvalue weighted by atomic mass is 19.1. The second-order valence-corrected chi connectivity index (χ2v) is 3.00. The van der Waals surface area contributed by atoms with Crippen LogP contribution in [0.25, 0.3) is 0 Å². The van der Waals surface area contributed by atoms with Gasteiger partial charge in [0.25, 0.3) is 5.91 Å². The van der Waals surface area contributed by atoms with Crippen LogP contribution >= 0.6 is 0 Å². The Kier molecular flexibility index (Phi) is 3.45. The Morgan fingerprint density at radius 1 is 1.64 bits per heavy atom. The molecule has 0 atom stereocenters. The minimum atomic E-state index is -0.981. The van der Waals surface area contributed by atoms with Crippen LogP contribution in [0.3, 0.4) is 0 Å². The molecule has 0 radical (unpaired) electrons. The quantitative estimate of drug-likeness (QED) is 0.581. The summed E-state index contributed by atoms with van der Waals surface area (Å²) in [7, 11) is 2.83. The zero-order valence-corrected chi connectivity index (χ0v) is 7.35. The van der Waals surface area contributed by atoms with Crippen LogP contribution in [0.1, 0.15) is 13.8 Å². The number of rotatable bonds is 3. The van der Waals surface area contributed by atoms with E-state index in [1.807, 2.05) is 0 Å². The summed E-state index contributed by atoms with van der Waals surface area (Å²) in [5.74, 6) is -0.359. The fraction of sp³-hybridized carbons (Fsp3) is 0.857. The van der Waals surface area contributed by atoms with E-state index in [-0.39, 0.29) is 5.91 Å². The van der Waals surface area contributed by atoms with Crippen LogP contribution in [0.2, 0.25) is 0 Å². The fourth-order valence-corrected chi connectivity index (χ4v) is 0.566.